The standard InChI is InChI=1S/C15H16BrFN2S/c1-10-5-7-11(8-6-10)20-9-14(19-18)12-3-2-4-13(16)15(12)17/h2-8,14,19H,9,18H2,1H3. The van der Waals surface area contributed by atoms with Crippen LogP contribution < -0.4 is 11.3 Å². The third-order valence-electron chi connectivity index (χ3n) is 3.00. The predicted molar refractivity (Wildman–Crippen MR) is 86.1 cm³/mol. The first-order valence-electron chi connectivity index (χ1n) is 6.21. The van der Waals surface area contributed by atoms with Crippen LogP contribution in [0.1, 0.15) is 17.2 Å². The van der Waals surface area contributed by atoms with Crippen LogP contribution in [-0.4, -0.2) is 5.75 Å². The van der Waals surface area contributed by atoms with Crippen molar-refractivity contribution in [1.82, 2.24) is 5.43 Å². The van der Waals surface area contributed by atoms with Crippen molar-refractivity contribution >= 4 is 27.7 Å². The van der Waals surface area contributed by atoms with Gasteiger partial charge in [-0.2, -0.15) is 0 Å². The summed E-state index contributed by atoms with van der Waals surface area (Å²) in [4.78, 5) is 1.14. The van der Waals surface area contributed by atoms with E-state index in [4.69, 9.17) is 5.84 Å². The number of hydrogen-bond acceptors (Lipinski definition) is 3. The van der Waals surface area contributed by atoms with Crippen molar-refractivity contribution in [2.24, 2.45) is 5.84 Å². The largest absolute Gasteiger partial charge is 0.271 e. The lowest BCUT2D eigenvalue weighted by Gasteiger charge is -2.17. The van der Waals surface area contributed by atoms with Crippen LogP contribution in [0.2, 0.25) is 0 Å². The van der Waals surface area contributed by atoms with Gasteiger partial charge in [0, 0.05) is 16.2 Å². The third kappa shape index (κ3) is 3.82. The summed E-state index contributed by atoms with van der Waals surface area (Å²) in [5, 5.41) is 0. The van der Waals surface area contributed by atoms with Gasteiger partial charge in [-0.3, -0.25) is 11.3 Å². The van der Waals surface area contributed by atoms with Crippen molar-refractivity contribution in [2.45, 2.75) is 17.9 Å². The molecule has 0 heterocycles. The first-order valence-corrected chi connectivity index (χ1v) is 7.99. The second-order valence-electron chi connectivity index (χ2n) is 4.49. The molecule has 0 aliphatic heterocycles. The summed E-state index contributed by atoms with van der Waals surface area (Å²) in [5.74, 6) is 5.96. The van der Waals surface area contributed by atoms with Crippen LogP contribution in [-0.2, 0) is 0 Å². The Morgan fingerprint density at radius 3 is 2.60 bits per heavy atom. The van der Waals surface area contributed by atoms with Crippen LogP contribution in [0.15, 0.2) is 51.8 Å². The molecule has 106 valence electrons. The van der Waals surface area contributed by atoms with Crippen LogP contribution in [0.25, 0.3) is 0 Å². The Hall–Kier alpha value is -0.880. The average Bonchev–Trinajstić information content (AvgIpc) is 2.45. The second-order valence-corrected chi connectivity index (χ2v) is 6.43. The van der Waals surface area contributed by atoms with Gasteiger partial charge in [-0.1, -0.05) is 29.8 Å². The molecule has 2 nitrogen and oxygen atoms in total. The first-order chi connectivity index (χ1) is 9.61. The lowest BCUT2D eigenvalue weighted by molar-refractivity contribution is 0.543. The SMILES string of the molecule is Cc1ccc(SCC(NN)c2cccc(Br)c2F)cc1. The van der Waals surface area contributed by atoms with Gasteiger partial charge in [0.2, 0.25) is 0 Å². The highest BCUT2D eigenvalue weighted by molar-refractivity contribution is 9.10. The first kappa shape index (κ1) is 15.5. The van der Waals surface area contributed by atoms with Crippen LogP contribution in [0.5, 0.6) is 0 Å². The molecule has 3 N–H and O–H groups in total. The van der Waals surface area contributed by atoms with Crippen molar-refractivity contribution in [3.8, 4) is 0 Å². The molecule has 20 heavy (non-hydrogen) atoms. The van der Waals surface area contributed by atoms with Gasteiger partial charge < -0.3 is 0 Å². The molecule has 2 aromatic rings. The van der Waals surface area contributed by atoms with E-state index in [9.17, 15) is 4.39 Å². The van der Waals surface area contributed by atoms with Gasteiger partial charge in [0.05, 0.1) is 10.5 Å². The predicted octanol–water partition coefficient (Wildman–Crippen LogP) is 4.19. The summed E-state index contributed by atoms with van der Waals surface area (Å²) >= 11 is 4.84. The number of thioether (sulfide) groups is 1. The minimum Gasteiger partial charge on any atom is -0.271 e. The number of hydrazine groups is 1. The molecule has 0 saturated heterocycles. The minimum atomic E-state index is -0.264. The highest BCUT2D eigenvalue weighted by Crippen LogP contribution is 2.28. The number of benzene rings is 2. The van der Waals surface area contributed by atoms with Gasteiger partial charge in [0.25, 0.3) is 0 Å². The van der Waals surface area contributed by atoms with Crippen LogP contribution in [0.4, 0.5) is 4.39 Å². The third-order valence-corrected chi connectivity index (χ3v) is 4.71. The molecule has 2 rings (SSSR count). The average molecular weight is 355 g/mol. The van der Waals surface area contributed by atoms with Crippen molar-refractivity contribution in [3.05, 3.63) is 63.9 Å². The number of hydrogen-bond donors (Lipinski definition) is 2. The summed E-state index contributed by atoms with van der Waals surface area (Å²) in [6.07, 6.45) is 0. The van der Waals surface area contributed by atoms with Gasteiger partial charge in [-0.25, -0.2) is 4.39 Å². The van der Waals surface area contributed by atoms with Crippen LogP contribution in [0.3, 0.4) is 0 Å². The molecule has 0 saturated carbocycles. The molecule has 0 bridgehead atoms. The molecule has 0 amide bonds. The number of nitrogens with one attached hydrogen (secondary N) is 1. The van der Waals surface area contributed by atoms with Crippen LogP contribution >= 0.6 is 27.7 Å². The normalized spacial score (nSPS) is 12.4. The van der Waals surface area contributed by atoms with Crippen molar-refractivity contribution in [2.75, 3.05) is 5.75 Å². The van der Waals surface area contributed by atoms with Gasteiger partial charge in [0.1, 0.15) is 5.82 Å². The molecule has 0 aliphatic rings. The summed E-state index contributed by atoms with van der Waals surface area (Å²) in [6, 6.07) is 13.2. The number of rotatable bonds is 5. The fourth-order valence-electron chi connectivity index (χ4n) is 1.83. The lowest BCUT2D eigenvalue weighted by atomic mass is 10.1. The Balaban J connectivity index is 2.09. The van der Waals surface area contributed by atoms with Crippen LogP contribution in [0, 0.1) is 12.7 Å². The van der Waals surface area contributed by atoms with E-state index in [0.717, 1.165) is 4.90 Å². The topological polar surface area (TPSA) is 38.0 Å². The maximum Gasteiger partial charge on any atom is 0.142 e. The van der Waals surface area contributed by atoms with E-state index in [-0.39, 0.29) is 11.9 Å². The van der Waals surface area contributed by atoms with Gasteiger partial charge in [0.15, 0.2) is 0 Å². The smallest absolute Gasteiger partial charge is 0.142 e. The van der Waals surface area contributed by atoms with E-state index < -0.39 is 0 Å². The lowest BCUT2D eigenvalue weighted by Crippen LogP contribution is -2.30. The Bertz CT molecular complexity index is 575. The van der Waals surface area contributed by atoms with E-state index in [0.29, 0.717) is 15.8 Å². The van der Waals surface area contributed by atoms with E-state index in [1.807, 2.05) is 6.07 Å². The highest BCUT2D eigenvalue weighted by atomic mass is 79.9. The van der Waals surface area contributed by atoms with Crippen molar-refractivity contribution in [3.63, 3.8) is 0 Å². The maximum absolute atomic E-state index is 14.1. The molecule has 1 unspecified atom stereocenters. The highest BCUT2D eigenvalue weighted by Gasteiger charge is 2.16. The Morgan fingerprint density at radius 1 is 1.25 bits per heavy atom. The summed E-state index contributed by atoms with van der Waals surface area (Å²) in [5.41, 5.74) is 4.48. The summed E-state index contributed by atoms with van der Waals surface area (Å²) in [7, 11) is 0. The summed E-state index contributed by atoms with van der Waals surface area (Å²) in [6.45, 7) is 2.05. The number of halogens is 2. The van der Waals surface area contributed by atoms with Crippen molar-refractivity contribution < 1.29 is 4.39 Å². The Labute approximate surface area is 131 Å². The van der Waals surface area contributed by atoms with Crippen molar-refractivity contribution in [1.29, 1.82) is 0 Å². The minimum absolute atomic E-state index is 0.237. The number of aryl methyl sites for hydroxylation is 1. The molecular formula is C15H16BrFN2S. The van der Waals surface area contributed by atoms with E-state index in [1.54, 1.807) is 23.9 Å². The monoisotopic (exact) mass is 354 g/mol. The zero-order chi connectivity index (χ0) is 14.5. The molecule has 0 aliphatic carbocycles. The molecule has 0 fully saturated rings. The zero-order valence-electron chi connectivity index (χ0n) is 11.1. The second kappa shape index (κ2) is 7.22. The molecule has 2 aromatic carbocycles. The fraction of sp³-hybridized carbons (Fsp3) is 0.200. The summed E-state index contributed by atoms with van der Waals surface area (Å²) < 4.78 is 14.5. The van der Waals surface area contributed by atoms with Gasteiger partial charge in [-0.05, 0) is 41.1 Å². The van der Waals surface area contributed by atoms with Gasteiger partial charge in [-0.15, -0.1) is 11.8 Å². The molecule has 5 heteroatoms. The molecule has 1 atom stereocenters. The molecule has 0 spiro atoms. The van der Waals surface area contributed by atoms with E-state index in [1.165, 1.54) is 5.56 Å². The Kier molecular flexibility index (Phi) is 5.60. The molecule has 0 aromatic heterocycles. The zero-order valence-corrected chi connectivity index (χ0v) is 13.5. The molecular weight excluding hydrogens is 339 g/mol. The maximum atomic E-state index is 14.1. The Morgan fingerprint density at radius 2 is 1.95 bits per heavy atom. The van der Waals surface area contributed by atoms with Gasteiger partial charge >= 0.3 is 0 Å². The van der Waals surface area contributed by atoms with E-state index >= 15 is 0 Å². The fourth-order valence-corrected chi connectivity index (χ4v) is 3.18. The quantitative estimate of drug-likeness (QED) is 0.480. The van der Waals surface area contributed by atoms with E-state index in [2.05, 4.69) is 52.5 Å². The number of nitrogens with two attached hydrogens (primary N) is 1. The molecule has 0 radical (unpaired) electrons.